The molecule has 1 atom stereocenters. The van der Waals surface area contributed by atoms with E-state index < -0.39 is 0 Å². The first-order valence-electron chi connectivity index (χ1n) is 11.2. The van der Waals surface area contributed by atoms with Gasteiger partial charge in [0.05, 0.1) is 36.2 Å². The number of amides is 1. The maximum atomic E-state index is 13.2. The first-order valence-corrected chi connectivity index (χ1v) is 12.0. The largest absolute Gasteiger partial charge is 0.497 e. The molecule has 1 amide bonds. The van der Waals surface area contributed by atoms with Crippen LogP contribution in [0, 0.1) is 0 Å². The molecule has 0 saturated carbocycles. The van der Waals surface area contributed by atoms with Crippen molar-refractivity contribution in [3.05, 3.63) is 71.1 Å². The van der Waals surface area contributed by atoms with Crippen LogP contribution in [0.25, 0.3) is 11.1 Å². The van der Waals surface area contributed by atoms with E-state index in [1.54, 1.807) is 18.4 Å². The summed E-state index contributed by atoms with van der Waals surface area (Å²) in [6, 6.07) is 20.4. The number of carbonyl (C=O) groups excluding carboxylic acids is 1. The van der Waals surface area contributed by atoms with E-state index in [1.165, 1.54) is 0 Å². The zero-order chi connectivity index (χ0) is 23.2. The standard InChI is InChI=1S/C26H31N3O3S/c1-28(2)23(20-9-11-21(31-3)12-10-20)18-27-25(30)24-17-22(19-7-5-4-6-8-19)26(33-24)29-13-15-32-16-14-29/h4-12,17,23H,13-16,18H2,1-3H3,(H,27,30). The number of nitrogens with zero attached hydrogens (tertiary/aromatic N) is 2. The third-order valence-corrected chi connectivity index (χ3v) is 7.09. The second-order valence-electron chi connectivity index (χ2n) is 8.26. The number of carbonyl (C=O) groups is 1. The zero-order valence-electron chi connectivity index (χ0n) is 19.4. The number of hydrogen-bond acceptors (Lipinski definition) is 6. The Balaban J connectivity index is 1.53. The van der Waals surface area contributed by atoms with Crippen LogP contribution in [-0.2, 0) is 4.74 Å². The number of nitrogens with one attached hydrogen (secondary N) is 1. The summed E-state index contributed by atoms with van der Waals surface area (Å²) in [6.07, 6.45) is 0. The van der Waals surface area contributed by atoms with Crippen molar-refractivity contribution in [1.82, 2.24) is 10.2 Å². The maximum absolute atomic E-state index is 13.2. The van der Waals surface area contributed by atoms with Crippen molar-refractivity contribution in [2.24, 2.45) is 0 Å². The predicted octanol–water partition coefficient (Wildman–Crippen LogP) is 4.29. The molecule has 0 bridgehead atoms. The molecule has 1 N–H and O–H groups in total. The predicted molar refractivity (Wildman–Crippen MR) is 135 cm³/mol. The Morgan fingerprint density at radius 2 is 1.82 bits per heavy atom. The van der Waals surface area contributed by atoms with Crippen molar-refractivity contribution in [3.8, 4) is 16.9 Å². The summed E-state index contributed by atoms with van der Waals surface area (Å²) in [4.78, 5) is 18.4. The SMILES string of the molecule is COc1ccc(C(CNC(=O)c2cc(-c3ccccc3)c(N3CCOCC3)s2)N(C)C)cc1. The van der Waals surface area contributed by atoms with Crippen LogP contribution in [0.2, 0.25) is 0 Å². The molecule has 1 fully saturated rings. The van der Waals surface area contributed by atoms with Gasteiger partial charge in [-0.2, -0.15) is 0 Å². The molecule has 6 nitrogen and oxygen atoms in total. The van der Waals surface area contributed by atoms with E-state index in [-0.39, 0.29) is 11.9 Å². The fourth-order valence-electron chi connectivity index (χ4n) is 4.02. The second kappa shape index (κ2) is 10.8. The highest BCUT2D eigenvalue weighted by Crippen LogP contribution is 2.39. The third kappa shape index (κ3) is 5.55. The number of benzene rings is 2. The van der Waals surface area contributed by atoms with Gasteiger partial charge < -0.3 is 24.6 Å². The van der Waals surface area contributed by atoms with Gasteiger partial charge in [-0.25, -0.2) is 0 Å². The Morgan fingerprint density at radius 1 is 1.12 bits per heavy atom. The number of morpholine rings is 1. The summed E-state index contributed by atoms with van der Waals surface area (Å²) in [5.74, 6) is 0.778. The lowest BCUT2D eigenvalue weighted by molar-refractivity contribution is 0.0946. The summed E-state index contributed by atoms with van der Waals surface area (Å²) >= 11 is 1.56. The first kappa shape index (κ1) is 23.3. The molecule has 1 saturated heterocycles. The first-order chi connectivity index (χ1) is 16.1. The van der Waals surface area contributed by atoms with Crippen molar-refractivity contribution < 1.29 is 14.3 Å². The van der Waals surface area contributed by atoms with Gasteiger partial charge in [-0.3, -0.25) is 4.79 Å². The lowest BCUT2D eigenvalue weighted by Crippen LogP contribution is -2.36. The maximum Gasteiger partial charge on any atom is 0.261 e. The van der Waals surface area contributed by atoms with Gasteiger partial charge >= 0.3 is 0 Å². The molecule has 2 aromatic carbocycles. The van der Waals surface area contributed by atoms with E-state index in [9.17, 15) is 4.79 Å². The molecule has 2 heterocycles. The van der Waals surface area contributed by atoms with Crippen molar-refractivity contribution >= 4 is 22.2 Å². The quantitative estimate of drug-likeness (QED) is 0.538. The van der Waals surface area contributed by atoms with Crippen LogP contribution in [0.15, 0.2) is 60.7 Å². The number of thiophene rings is 1. The van der Waals surface area contributed by atoms with Gasteiger partial charge in [0.1, 0.15) is 5.75 Å². The van der Waals surface area contributed by atoms with E-state index in [2.05, 4.69) is 27.2 Å². The Morgan fingerprint density at radius 3 is 2.45 bits per heavy atom. The Hall–Kier alpha value is -2.87. The van der Waals surface area contributed by atoms with Gasteiger partial charge in [-0.05, 0) is 43.4 Å². The van der Waals surface area contributed by atoms with Gasteiger partial charge in [-0.1, -0.05) is 42.5 Å². The molecule has 0 radical (unpaired) electrons. The molecule has 174 valence electrons. The molecule has 1 unspecified atom stereocenters. The van der Waals surface area contributed by atoms with Gasteiger partial charge in [0.2, 0.25) is 0 Å². The molecule has 0 aliphatic carbocycles. The minimum Gasteiger partial charge on any atom is -0.497 e. The number of anilines is 1. The Labute approximate surface area is 199 Å². The topological polar surface area (TPSA) is 54.0 Å². The molecular weight excluding hydrogens is 434 g/mol. The van der Waals surface area contributed by atoms with Gasteiger partial charge in [0.25, 0.3) is 5.91 Å². The van der Waals surface area contributed by atoms with Gasteiger partial charge in [0.15, 0.2) is 0 Å². The van der Waals surface area contributed by atoms with E-state index >= 15 is 0 Å². The molecule has 4 rings (SSSR count). The van der Waals surface area contributed by atoms with Crippen LogP contribution in [0.1, 0.15) is 21.3 Å². The fourth-order valence-corrected chi connectivity index (χ4v) is 5.17. The highest BCUT2D eigenvalue weighted by atomic mass is 32.1. The van der Waals surface area contributed by atoms with E-state index in [1.807, 2.05) is 62.6 Å². The zero-order valence-corrected chi connectivity index (χ0v) is 20.2. The van der Waals surface area contributed by atoms with Crippen LogP contribution in [0.5, 0.6) is 5.75 Å². The van der Waals surface area contributed by atoms with E-state index in [4.69, 9.17) is 9.47 Å². The highest BCUT2D eigenvalue weighted by Gasteiger charge is 2.23. The number of likely N-dealkylation sites (N-methyl/N-ethyl adjacent to an activating group) is 1. The molecule has 1 aromatic heterocycles. The van der Waals surface area contributed by atoms with Crippen LogP contribution >= 0.6 is 11.3 Å². The number of methoxy groups -OCH3 is 1. The number of ether oxygens (including phenoxy) is 2. The smallest absolute Gasteiger partial charge is 0.261 e. The van der Waals surface area contributed by atoms with Crippen LogP contribution in [0.4, 0.5) is 5.00 Å². The molecule has 1 aliphatic rings. The average molecular weight is 466 g/mol. The molecular formula is C26H31N3O3S. The monoisotopic (exact) mass is 465 g/mol. The minimum atomic E-state index is -0.0444. The van der Waals surface area contributed by atoms with Crippen LogP contribution < -0.4 is 15.0 Å². The molecule has 0 spiro atoms. The normalized spacial score (nSPS) is 14.8. The Kier molecular flexibility index (Phi) is 7.65. The van der Waals surface area contributed by atoms with Crippen molar-refractivity contribution in [2.75, 3.05) is 59.0 Å². The molecule has 7 heteroatoms. The molecule has 33 heavy (non-hydrogen) atoms. The van der Waals surface area contributed by atoms with Crippen LogP contribution in [0.3, 0.4) is 0 Å². The number of rotatable bonds is 8. The summed E-state index contributed by atoms with van der Waals surface area (Å²) in [5.41, 5.74) is 3.36. The number of hydrogen-bond donors (Lipinski definition) is 1. The summed E-state index contributed by atoms with van der Waals surface area (Å²) < 4.78 is 10.8. The third-order valence-electron chi connectivity index (χ3n) is 5.90. The summed E-state index contributed by atoms with van der Waals surface area (Å²) in [5, 5.41) is 4.29. The van der Waals surface area contributed by atoms with E-state index in [0.717, 1.165) is 45.4 Å². The van der Waals surface area contributed by atoms with E-state index in [0.29, 0.717) is 19.8 Å². The van der Waals surface area contributed by atoms with Gasteiger partial charge in [-0.15, -0.1) is 11.3 Å². The van der Waals surface area contributed by atoms with Crippen molar-refractivity contribution in [3.63, 3.8) is 0 Å². The minimum absolute atomic E-state index is 0.0444. The fraction of sp³-hybridized carbons (Fsp3) is 0.346. The molecule has 1 aliphatic heterocycles. The highest BCUT2D eigenvalue weighted by molar-refractivity contribution is 7.18. The molecule has 3 aromatic rings. The second-order valence-corrected chi connectivity index (χ2v) is 9.29. The van der Waals surface area contributed by atoms with Gasteiger partial charge in [0, 0.05) is 25.2 Å². The lowest BCUT2D eigenvalue weighted by Gasteiger charge is -2.28. The summed E-state index contributed by atoms with van der Waals surface area (Å²) in [7, 11) is 5.71. The van der Waals surface area contributed by atoms with Crippen molar-refractivity contribution in [1.29, 1.82) is 0 Å². The summed E-state index contributed by atoms with van der Waals surface area (Å²) in [6.45, 7) is 3.60. The van der Waals surface area contributed by atoms with Crippen LogP contribution in [-0.4, -0.2) is 64.9 Å². The van der Waals surface area contributed by atoms with Crippen molar-refractivity contribution in [2.45, 2.75) is 6.04 Å². The lowest BCUT2D eigenvalue weighted by atomic mass is 10.1. The average Bonchev–Trinajstić information content (AvgIpc) is 3.31. The Bertz CT molecular complexity index is 1040.